The largest absolute Gasteiger partial charge is 0.465 e. The van der Waals surface area contributed by atoms with E-state index in [1.807, 2.05) is 13.0 Å². The molecule has 0 saturated heterocycles. The fourth-order valence-corrected chi connectivity index (χ4v) is 2.59. The van der Waals surface area contributed by atoms with Gasteiger partial charge in [-0.1, -0.05) is 11.6 Å². The van der Waals surface area contributed by atoms with Crippen LogP contribution in [0.2, 0.25) is 10.4 Å². The molecular formula is C14H10Cl2N4O2. The van der Waals surface area contributed by atoms with E-state index in [9.17, 15) is 4.79 Å². The Morgan fingerprint density at radius 3 is 2.73 bits per heavy atom. The third kappa shape index (κ3) is 2.40. The average Bonchev–Trinajstić information content (AvgIpc) is 2.90. The lowest BCUT2D eigenvalue weighted by atomic mass is 10.1. The van der Waals surface area contributed by atoms with Crippen LogP contribution in [-0.4, -0.2) is 32.6 Å². The van der Waals surface area contributed by atoms with E-state index in [0.717, 1.165) is 11.3 Å². The van der Waals surface area contributed by atoms with Gasteiger partial charge >= 0.3 is 5.97 Å². The fraction of sp³-hybridized carbons (Fsp3) is 0.143. The molecule has 0 aliphatic heterocycles. The van der Waals surface area contributed by atoms with Gasteiger partial charge in [-0.3, -0.25) is 4.57 Å². The number of aryl methyl sites for hydroxylation is 1. The molecule has 0 aliphatic rings. The number of ether oxygens (including phenoxy) is 1. The number of imidazole rings is 1. The second-order valence-corrected chi connectivity index (χ2v) is 5.26. The summed E-state index contributed by atoms with van der Waals surface area (Å²) in [4.78, 5) is 23.8. The van der Waals surface area contributed by atoms with Gasteiger partial charge in [-0.2, -0.15) is 4.98 Å². The van der Waals surface area contributed by atoms with E-state index in [-0.39, 0.29) is 16.4 Å². The van der Waals surface area contributed by atoms with Crippen molar-refractivity contribution in [3.63, 3.8) is 0 Å². The number of carbonyl (C=O) groups excluding carboxylic acids is 1. The van der Waals surface area contributed by atoms with Gasteiger partial charge in [-0.25, -0.2) is 14.8 Å². The highest BCUT2D eigenvalue weighted by Gasteiger charge is 2.14. The number of halogens is 2. The van der Waals surface area contributed by atoms with E-state index in [2.05, 4.69) is 15.0 Å². The molecule has 2 aromatic heterocycles. The molecule has 1 aromatic carbocycles. The smallest absolute Gasteiger partial charge is 0.338 e. The molecule has 112 valence electrons. The molecule has 22 heavy (non-hydrogen) atoms. The average molecular weight is 337 g/mol. The summed E-state index contributed by atoms with van der Waals surface area (Å²) in [6, 6.07) is 5.29. The van der Waals surface area contributed by atoms with Gasteiger partial charge in [0.1, 0.15) is 11.8 Å². The first-order valence-electron chi connectivity index (χ1n) is 6.26. The summed E-state index contributed by atoms with van der Waals surface area (Å²) in [5.74, 6) is -0.382. The number of hydrogen-bond acceptors (Lipinski definition) is 5. The van der Waals surface area contributed by atoms with Crippen molar-refractivity contribution in [1.29, 1.82) is 0 Å². The van der Waals surface area contributed by atoms with Crippen LogP contribution in [-0.2, 0) is 4.74 Å². The SMILES string of the molecule is COC(=O)c1ccc(-n2cnc3c(Cl)nc(Cl)nc32)cc1C. The van der Waals surface area contributed by atoms with Gasteiger partial charge in [-0.05, 0) is 42.3 Å². The Kier molecular flexibility index (Phi) is 3.72. The van der Waals surface area contributed by atoms with Crippen molar-refractivity contribution in [2.75, 3.05) is 7.11 Å². The number of methoxy groups -OCH3 is 1. The summed E-state index contributed by atoms with van der Waals surface area (Å²) in [5.41, 5.74) is 3.01. The van der Waals surface area contributed by atoms with Crippen molar-refractivity contribution in [1.82, 2.24) is 19.5 Å². The molecule has 8 heteroatoms. The number of esters is 1. The first kappa shape index (κ1) is 14.7. The first-order valence-corrected chi connectivity index (χ1v) is 7.02. The molecule has 0 fully saturated rings. The number of hydrogen-bond donors (Lipinski definition) is 0. The molecule has 2 heterocycles. The Morgan fingerprint density at radius 2 is 2.05 bits per heavy atom. The monoisotopic (exact) mass is 336 g/mol. The Bertz CT molecular complexity index is 892. The van der Waals surface area contributed by atoms with Crippen molar-refractivity contribution < 1.29 is 9.53 Å². The van der Waals surface area contributed by atoms with Gasteiger partial charge in [-0.15, -0.1) is 0 Å². The van der Waals surface area contributed by atoms with Crippen LogP contribution in [0.15, 0.2) is 24.5 Å². The highest BCUT2D eigenvalue weighted by atomic mass is 35.5. The molecule has 3 rings (SSSR count). The molecular weight excluding hydrogens is 327 g/mol. The number of fused-ring (bicyclic) bond motifs is 1. The molecule has 3 aromatic rings. The van der Waals surface area contributed by atoms with Crippen molar-refractivity contribution in [2.45, 2.75) is 6.92 Å². The molecule has 6 nitrogen and oxygen atoms in total. The lowest BCUT2D eigenvalue weighted by molar-refractivity contribution is 0.0600. The molecule has 0 N–H and O–H groups in total. The fourth-order valence-electron chi connectivity index (χ4n) is 2.17. The number of nitrogens with zero attached hydrogens (tertiary/aromatic N) is 4. The summed E-state index contributed by atoms with van der Waals surface area (Å²) in [7, 11) is 1.35. The summed E-state index contributed by atoms with van der Waals surface area (Å²) < 4.78 is 6.46. The number of carbonyl (C=O) groups is 1. The Balaban J connectivity index is 2.16. The highest BCUT2D eigenvalue weighted by molar-refractivity contribution is 6.35. The minimum Gasteiger partial charge on any atom is -0.465 e. The number of benzene rings is 1. The predicted molar refractivity (Wildman–Crippen MR) is 82.8 cm³/mol. The van der Waals surface area contributed by atoms with Crippen LogP contribution in [0.3, 0.4) is 0 Å². The van der Waals surface area contributed by atoms with Crippen LogP contribution in [0.1, 0.15) is 15.9 Å². The molecule has 0 amide bonds. The summed E-state index contributed by atoms with van der Waals surface area (Å²) in [6.07, 6.45) is 1.58. The first-order chi connectivity index (χ1) is 10.5. The maximum absolute atomic E-state index is 11.6. The Hall–Kier alpha value is -2.18. The second kappa shape index (κ2) is 5.55. The zero-order chi connectivity index (χ0) is 15.9. The van der Waals surface area contributed by atoms with Crippen molar-refractivity contribution in [3.8, 4) is 5.69 Å². The van der Waals surface area contributed by atoms with E-state index in [4.69, 9.17) is 27.9 Å². The Morgan fingerprint density at radius 1 is 1.27 bits per heavy atom. The van der Waals surface area contributed by atoms with Crippen LogP contribution in [0.25, 0.3) is 16.9 Å². The van der Waals surface area contributed by atoms with Crippen LogP contribution in [0.5, 0.6) is 0 Å². The lowest BCUT2D eigenvalue weighted by Gasteiger charge is -2.08. The third-order valence-electron chi connectivity index (χ3n) is 3.22. The zero-order valence-electron chi connectivity index (χ0n) is 11.7. The van der Waals surface area contributed by atoms with Gasteiger partial charge < -0.3 is 4.74 Å². The van der Waals surface area contributed by atoms with E-state index in [1.165, 1.54) is 7.11 Å². The summed E-state index contributed by atoms with van der Waals surface area (Å²) in [5, 5.41) is 0.235. The molecule has 0 aliphatic carbocycles. The third-order valence-corrected chi connectivity index (χ3v) is 3.65. The second-order valence-electron chi connectivity index (χ2n) is 4.56. The number of rotatable bonds is 2. The number of aromatic nitrogens is 4. The van der Waals surface area contributed by atoms with E-state index >= 15 is 0 Å². The Labute approximate surface area is 135 Å². The molecule has 0 unspecified atom stereocenters. The quantitative estimate of drug-likeness (QED) is 0.408. The standard InChI is InChI=1S/C14H10Cl2N4O2/c1-7-5-8(3-4-9(7)13(21)22-2)20-6-17-10-11(15)18-14(16)19-12(10)20/h3-6H,1-2H3. The van der Waals surface area contributed by atoms with Gasteiger partial charge in [0, 0.05) is 5.69 Å². The molecule has 0 atom stereocenters. The minimum absolute atomic E-state index is 0.0437. The highest BCUT2D eigenvalue weighted by Crippen LogP contribution is 2.24. The molecule has 0 bridgehead atoms. The van der Waals surface area contributed by atoms with Gasteiger partial charge in [0.25, 0.3) is 0 Å². The predicted octanol–water partition coefficient (Wildman–Crippen LogP) is 3.22. The van der Waals surface area contributed by atoms with Crippen molar-refractivity contribution >= 4 is 40.3 Å². The van der Waals surface area contributed by atoms with Gasteiger partial charge in [0.2, 0.25) is 5.28 Å². The van der Waals surface area contributed by atoms with Crippen molar-refractivity contribution in [3.05, 3.63) is 46.1 Å². The van der Waals surface area contributed by atoms with Gasteiger partial charge in [0.05, 0.1) is 12.7 Å². The normalized spacial score (nSPS) is 10.9. The van der Waals surface area contributed by atoms with E-state index < -0.39 is 0 Å². The maximum Gasteiger partial charge on any atom is 0.338 e. The van der Waals surface area contributed by atoms with Crippen LogP contribution < -0.4 is 0 Å². The van der Waals surface area contributed by atoms with Crippen LogP contribution in [0, 0.1) is 6.92 Å². The lowest BCUT2D eigenvalue weighted by Crippen LogP contribution is -2.05. The van der Waals surface area contributed by atoms with E-state index in [1.54, 1.807) is 23.0 Å². The van der Waals surface area contributed by atoms with E-state index in [0.29, 0.717) is 16.7 Å². The van der Waals surface area contributed by atoms with Crippen molar-refractivity contribution in [2.24, 2.45) is 0 Å². The minimum atomic E-state index is -0.382. The molecule has 0 saturated carbocycles. The van der Waals surface area contributed by atoms with Gasteiger partial charge in [0.15, 0.2) is 10.8 Å². The maximum atomic E-state index is 11.6. The van der Waals surface area contributed by atoms with Crippen LogP contribution >= 0.6 is 23.2 Å². The topological polar surface area (TPSA) is 69.9 Å². The molecule has 0 radical (unpaired) electrons. The summed E-state index contributed by atoms with van der Waals surface area (Å²) in [6.45, 7) is 1.82. The van der Waals surface area contributed by atoms with Crippen LogP contribution in [0.4, 0.5) is 0 Å². The summed E-state index contributed by atoms with van der Waals surface area (Å²) >= 11 is 11.9. The zero-order valence-corrected chi connectivity index (χ0v) is 13.2. The molecule has 0 spiro atoms.